The van der Waals surface area contributed by atoms with Crippen LogP contribution < -0.4 is 11.1 Å². The number of rotatable bonds is 4. The van der Waals surface area contributed by atoms with Crippen molar-refractivity contribution in [2.24, 2.45) is 16.8 Å². The molecule has 17 heavy (non-hydrogen) atoms. The number of phenols is 1. The third-order valence-electron chi connectivity index (χ3n) is 2.34. The van der Waals surface area contributed by atoms with Crippen molar-refractivity contribution < 1.29 is 15.1 Å². The summed E-state index contributed by atoms with van der Waals surface area (Å²) in [6.45, 7) is 1.93. The fraction of sp³-hybridized carbons (Fsp3) is 0.273. The van der Waals surface area contributed by atoms with E-state index < -0.39 is 5.91 Å². The maximum atomic E-state index is 11.7. The van der Waals surface area contributed by atoms with Crippen LogP contribution in [0.25, 0.3) is 0 Å². The molecule has 0 bridgehead atoms. The van der Waals surface area contributed by atoms with Crippen molar-refractivity contribution in [1.29, 1.82) is 0 Å². The Morgan fingerprint density at radius 1 is 1.53 bits per heavy atom. The van der Waals surface area contributed by atoms with Crippen LogP contribution >= 0.6 is 0 Å². The molecule has 6 nitrogen and oxygen atoms in total. The largest absolute Gasteiger partial charge is 0.507 e. The van der Waals surface area contributed by atoms with Crippen molar-refractivity contribution >= 4 is 11.7 Å². The van der Waals surface area contributed by atoms with Gasteiger partial charge in [-0.25, -0.2) is 0 Å². The molecule has 1 unspecified atom stereocenters. The number of amidine groups is 1. The van der Waals surface area contributed by atoms with Crippen LogP contribution in [-0.4, -0.2) is 28.6 Å². The summed E-state index contributed by atoms with van der Waals surface area (Å²) in [7, 11) is 0. The number of nitrogens with two attached hydrogens (primary N) is 1. The van der Waals surface area contributed by atoms with Crippen LogP contribution in [0.2, 0.25) is 0 Å². The molecule has 1 aromatic carbocycles. The number of phenolic OH excluding ortho intramolecular Hbond substituents is 1. The first-order chi connectivity index (χ1) is 8.06. The van der Waals surface area contributed by atoms with Gasteiger partial charge in [-0.3, -0.25) is 4.79 Å². The molecule has 0 heterocycles. The van der Waals surface area contributed by atoms with E-state index in [1.54, 1.807) is 19.1 Å². The molecule has 92 valence electrons. The van der Waals surface area contributed by atoms with Crippen LogP contribution in [-0.2, 0) is 0 Å². The van der Waals surface area contributed by atoms with Crippen LogP contribution in [0.4, 0.5) is 0 Å². The second-order valence-corrected chi connectivity index (χ2v) is 3.65. The number of aromatic hydroxyl groups is 1. The zero-order chi connectivity index (χ0) is 12.8. The van der Waals surface area contributed by atoms with Gasteiger partial charge in [-0.2, -0.15) is 0 Å². The van der Waals surface area contributed by atoms with Crippen LogP contribution in [0.1, 0.15) is 17.3 Å². The summed E-state index contributed by atoms with van der Waals surface area (Å²) < 4.78 is 0. The maximum Gasteiger partial charge on any atom is 0.255 e. The molecule has 5 N–H and O–H groups in total. The molecule has 0 aliphatic carbocycles. The third kappa shape index (κ3) is 3.37. The highest BCUT2D eigenvalue weighted by Gasteiger charge is 2.13. The van der Waals surface area contributed by atoms with E-state index in [4.69, 9.17) is 10.9 Å². The van der Waals surface area contributed by atoms with Gasteiger partial charge < -0.3 is 21.4 Å². The first-order valence-electron chi connectivity index (χ1n) is 5.10. The topological polar surface area (TPSA) is 108 Å². The fourth-order valence-corrected chi connectivity index (χ4v) is 1.21. The van der Waals surface area contributed by atoms with Gasteiger partial charge in [-0.05, 0) is 12.1 Å². The lowest BCUT2D eigenvalue weighted by molar-refractivity contribution is 0.0948. The van der Waals surface area contributed by atoms with Gasteiger partial charge in [0.2, 0.25) is 0 Å². The number of nitrogens with zero attached hydrogens (tertiary/aromatic N) is 1. The van der Waals surface area contributed by atoms with Crippen molar-refractivity contribution in [3.05, 3.63) is 29.8 Å². The summed E-state index contributed by atoms with van der Waals surface area (Å²) in [4.78, 5) is 11.7. The van der Waals surface area contributed by atoms with Gasteiger partial charge in [0.1, 0.15) is 11.6 Å². The number of carbonyl (C=O) groups excluding carboxylic acids is 1. The lowest BCUT2D eigenvalue weighted by Crippen LogP contribution is -2.34. The molecule has 1 rings (SSSR count). The number of hydrogen-bond donors (Lipinski definition) is 4. The highest BCUT2D eigenvalue weighted by molar-refractivity contribution is 5.97. The fourth-order valence-electron chi connectivity index (χ4n) is 1.21. The number of para-hydroxylation sites is 1. The average Bonchev–Trinajstić information content (AvgIpc) is 2.35. The predicted molar refractivity (Wildman–Crippen MR) is 63.0 cm³/mol. The van der Waals surface area contributed by atoms with E-state index in [9.17, 15) is 9.90 Å². The van der Waals surface area contributed by atoms with Gasteiger partial charge in [-0.15, -0.1) is 0 Å². The zero-order valence-electron chi connectivity index (χ0n) is 9.42. The van der Waals surface area contributed by atoms with Gasteiger partial charge in [0.25, 0.3) is 5.91 Å². The van der Waals surface area contributed by atoms with E-state index in [0.717, 1.165) is 0 Å². The Bertz CT molecular complexity index is 432. The Balaban J connectivity index is 2.60. The summed E-state index contributed by atoms with van der Waals surface area (Å²) in [6.07, 6.45) is 0. The van der Waals surface area contributed by atoms with E-state index in [-0.39, 0.29) is 29.6 Å². The third-order valence-corrected chi connectivity index (χ3v) is 2.34. The average molecular weight is 237 g/mol. The molecule has 0 saturated heterocycles. The zero-order valence-corrected chi connectivity index (χ0v) is 9.42. The van der Waals surface area contributed by atoms with E-state index >= 15 is 0 Å². The number of hydrogen-bond acceptors (Lipinski definition) is 4. The second kappa shape index (κ2) is 5.74. The Hall–Kier alpha value is -2.24. The van der Waals surface area contributed by atoms with Crippen molar-refractivity contribution in [3.8, 4) is 5.75 Å². The van der Waals surface area contributed by atoms with Gasteiger partial charge in [0, 0.05) is 12.5 Å². The smallest absolute Gasteiger partial charge is 0.255 e. The second-order valence-electron chi connectivity index (χ2n) is 3.65. The van der Waals surface area contributed by atoms with Crippen molar-refractivity contribution in [2.75, 3.05) is 6.54 Å². The van der Waals surface area contributed by atoms with Crippen LogP contribution in [0.3, 0.4) is 0 Å². The van der Waals surface area contributed by atoms with Gasteiger partial charge in [-0.1, -0.05) is 24.2 Å². The van der Waals surface area contributed by atoms with Gasteiger partial charge in [0.05, 0.1) is 5.56 Å². The minimum Gasteiger partial charge on any atom is -0.507 e. The quantitative estimate of drug-likeness (QED) is 0.265. The Kier molecular flexibility index (Phi) is 4.33. The number of amides is 1. The van der Waals surface area contributed by atoms with Crippen molar-refractivity contribution in [3.63, 3.8) is 0 Å². The highest BCUT2D eigenvalue weighted by Crippen LogP contribution is 2.14. The number of carbonyl (C=O) groups is 1. The summed E-state index contributed by atoms with van der Waals surface area (Å²) in [5.41, 5.74) is 5.56. The molecular formula is C11H15N3O3. The first-order valence-corrected chi connectivity index (χ1v) is 5.10. The summed E-state index contributed by atoms with van der Waals surface area (Å²) >= 11 is 0. The molecule has 0 aliphatic rings. The van der Waals surface area contributed by atoms with Crippen LogP contribution in [0, 0.1) is 5.92 Å². The molecule has 1 aromatic rings. The Morgan fingerprint density at radius 3 is 2.76 bits per heavy atom. The monoisotopic (exact) mass is 237 g/mol. The Labute approximate surface area is 98.7 Å². The molecule has 0 spiro atoms. The lowest BCUT2D eigenvalue weighted by Gasteiger charge is -2.11. The van der Waals surface area contributed by atoms with Crippen LogP contribution in [0.15, 0.2) is 29.4 Å². The van der Waals surface area contributed by atoms with Crippen molar-refractivity contribution in [1.82, 2.24) is 5.32 Å². The molecule has 1 amide bonds. The Morgan fingerprint density at radius 2 is 2.18 bits per heavy atom. The van der Waals surface area contributed by atoms with E-state index in [1.807, 2.05) is 0 Å². The molecule has 0 saturated carbocycles. The summed E-state index contributed by atoms with van der Waals surface area (Å²) in [5.74, 6) is -0.723. The number of benzene rings is 1. The molecule has 0 radical (unpaired) electrons. The van der Waals surface area contributed by atoms with E-state index in [0.29, 0.717) is 0 Å². The SMILES string of the molecule is CC(CNC(=O)c1ccccc1O)C(N)=NO. The molecular weight excluding hydrogens is 222 g/mol. The lowest BCUT2D eigenvalue weighted by atomic mass is 10.1. The standard InChI is InChI=1S/C11H15N3O3/c1-7(10(12)14-17)6-13-11(16)8-4-2-3-5-9(8)15/h2-5,7,15,17H,6H2,1H3,(H2,12,14)(H,13,16). The molecule has 0 aliphatic heterocycles. The van der Waals surface area contributed by atoms with E-state index in [2.05, 4.69) is 10.5 Å². The minimum absolute atomic E-state index is 0.0441. The van der Waals surface area contributed by atoms with Crippen LogP contribution in [0.5, 0.6) is 5.75 Å². The van der Waals surface area contributed by atoms with Crippen molar-refractivity contribution in [2.45, 2.75) is 6.92 Å². The molecule has 6 heteroatoms. The highest BCUT2D eigenvalue weighted by atomic mass is 16.4. The van der Waals surface area contributed by atoms with Gasteiger partial charge >= 0.3 is 0 Å². The summed E-state index contributed by atoms with van der Waals surface area (Å²) in [5, 5.41) is 23.3. The van der Waals surface area contributed by atoms with E-state index in [1.165, 1.54) is 12.1 Å². The molecule has 1 atom stereocenters. The number of nitrogens with one attached hydrogen (secondary N) is 1. The first kappa shape index (κ1) is 12.8. The molecule has 0 aromatic heterocycles. The number of oxime groups is 1. The minimum atomic E-state index is -0.402. The predicted octanol–water partition coefficient (Wildman–Crippen LogP) is 0.504. The summed E-state index contributed by atoms with van der Waals surface area (Å²) in [6, 6.07) is 6.23. The normalized spacial score (nSPS) is 13.1. The maximum absolute atomic E-state index is 11.7. The molecule has 0 fully saturated rings. The van der Waals surface area contributed by atoms with Gasteiger partial charge in [0.15, 0.2) is 0 Å².